The van der Waals surface area contributed by atoms with Crippen LogP contribution >= 0.6 is 38.5 Å². The Labute approximate surface area is 161 Å². The van der Waals surface area contributed by atoms with Crippen LogP contribution in [0.25, 0.3) is 0 Å². The minimum Gasteiger partial charge on any atom is -0.466 e. The van der Waals surface area contributed by atoms with E-state index < -0.39 is 17.5 Å². The van der Waals surface area contributed by atoms with Gasteiger partial charge in [-0.3, -0.25) is 4.79 Å². The summed E-state index contributed by atoms with van der Waals surface area (Å²) in [5, 5.41) is 0. The Bertz CT molecular complexity index is 596. The summed E-state index contributed by atoms with van der Waals surface area (Å²) in [4.78, 5) is 12.5. The molecule has 0 bridgehead atoms. The maximum Gasteiger partial charge on any atom is 0.391 e. The highest BCUT2D eigenvalue weighted by Crippen LogP contribution is 2.47. The van der Waals surface area contributed by atoms with Crippen molar-refractivity contribution in [2.45, 2.75) is 45.2 Å². The van der Waals surface area contributed by atoms with Gasteiger partial charge in [-0.2, -0.15) is 13.2 Å². The summed E-state index contributed by atoms with van der Waals surface area (Å²) in [6.45, 7) is 1.96. The summed E-state index contributed by atoms with van der Waals surface area (Å²) in [6, 6.07) is 5.75. The van der Waals surface area contributed by atoms with Crippen LogP contribution in [0.15, 0.2) is 22.7 Å². The van der Waals surface area contributed by atoms with E-state index in [1.807, 2.05) is 18.2 Å². The van der Waals surface area contributed by atoms with Gasteiger partial charge in [0.05, 0.1) is 17.9 Å². The lowest BCUT2D eigenvalue weighted by molar-refractivity contribution is -0.192. The fraction of sp³-hybridized carbons (Fsp3) is 0.588. The second-order valence-electron chi connectivity index (χ2n) is 6.23. The number of carbonyl (C=O) groups excluding carboxylic acids is 1. The molecule has 2 rings (SSSR count). The van der Waals surface area contributed by atoms with Gasteiger partial charge in [-0.15, -0.1) is 0 Å². The average molecular weight is 519 g/mol. The predicted molar refractivity (Wildman–Crippen MR) is 97.6 cm³/mol. The van der Waals surface area contributed by atoms with Gasteiger partial charge in [-0.05, 0) is 79.3 Å². The molecule has 1 aliphatic carbocycles. The minimum absolute atomic E-state index is 0.0184. The summed E-state index contributed by atoms with van der Waals surface area (Å²) in [7, 11) is 0. The molecule has 0 aliphatic heterocycles. The molecule has 2 nitrogen and oxygen atoms in total. The summed E-state index contributed by atoms with van der Waals surface area (Å²) < 4.78 is 46.0. The van der Waals surface area contributed by atoms with Crippen molar-refractivity contribution in [1.29, 1.82) is 0 Å². The Morgan fingerprint density at radius 1 is 1.38 bits per heavy atom. The van der Waals surface area contributed by atoms with E-state index in [1.165, 1.54) is 0 Å². The molecule has 0 atom stereocenters. The molecular weight excluding hydrogens is 500 g/mol. The van der Waals surface area contributed by atoms with Crippen molar-refractivity contribution in [3.63, 3.8) is 0 Å². The molecule has 1 fully saturated rings. The first-order valence-corrected chi connectivity index (χ1v) is 9.73. The topological polar surface area (TPSA) is 26.3 Å². The first-order chi connectivity index (χ1) is 11.2. The zero-order valence-corrected chi connectivity index (χ0v) is 17.0. The Balaban J connectivity index is 2.24. The van der Waals surface area contributed by atoms with Crippen molar-refractivity contribution >= 4 is 44.5 Å². The third-order valence-corrected chi connectivity index (χ3v) is 6.16. The smallest absolute Gasteiger partial charge is 0.391 e. The van der Waals surface area contributed by atoms with Crippen LogP contribution in [-0.2, 0) is 16.0 Å². The summed E-state index contributed by atoms with van der Waals surface area (Å²) >= 11 is 5.59. The van der Waals surface area contributed by atoms with Crippen LogP contribution in [0.5, 0.6) is 0 Å². The third kappa shape index (κ3) is 4.65. The predicted octanol–water partition coefficient (Wildman–Crippen LogP) is 5.90. The van der Waals surface area contributed by atoms with Crippen LogP contribution in [0.1, 0.15) is 38.2 Å². The highest BCUT2D eigenvalue weighted by atomic mass is 127. The van der Waals surface area contributed by atoms with Gasteiger partial charge in [0.25, 0.3) is 0 Å². The summed E-state index contributed by atoms with van der Waals surface area (Å²) in [6.07, 6.45) is -3.38. The lowest BCUT2D eigenvalue weighted by Gasteiger charge is -2.39. The normalized spacial score (nSPS) is 24.7. The van der Waals surface area contributed by atoms with E-state index in [0.717, 1.165) is 13.6 Å². The quantitative estimate of drug-likeness (QED) is 0.366. The van der Waals surface area contributed by atoms with Crippen LogP contribution in [0.3, 0.4) is 0 Å². The fourth-order valence-electron chi connectivity index (χ4n) is 3.26. The van der Waals surface area contributed by atoms with Crippen molar-refractivity contribution in [3.05, 3.63) is 31.8 Å². The van der Waals surface area contributed by atoms with Gasteiger partial charge in [-0.1, -0.05) is 22.0 Å². The van der Waals surface area contributed by atoms with E-state index in [-0.39, 0.29) is 38.3 Å². The molecule has 0 unspecified atom stereocenters. The molecule has 0 saturated heterocycles. The minimum atomic E-state index is -4.19. The Morgan fingerprint density at radius 3 is 2.50 bits per heavy atom. The van der Waals surface area contributed by atoms with Gasteiger partial charge in [0.15, 0.2) is 0 Å². The first kappa shape index (κ1) is 20.0. The van der Waals surface area contributed by atoms with Gasteiger partial charge < -0.3 is 4.74 Å². The first-order valence-electron chi connectivity index (χ1n) is 7.86. The molecule has 0 spiro atoms. The largest absolute Gasteiger partial charge is 0.466 e. The Hall–Kier alpha value is -0.310. The van der Waals surface area contributed by atoms with Crippen LogP contribution in [0.2, 0.25) is 0 Å². The van der Waals surface area contributed by atoms with Crippen LogP contribution < -0.4 is 0 Å². The van der Waals surface area contributed by atoms with Crippen LogP contribution in [-0.4, -0.2) is 18.8 Å². The second-order valence-corrected chi connectivity index (χ2v) is 8.31. The van der Waals surface area contributed by atoms with Gasteiger partial charge >= 0.3 is 12.1 Å². The molecule has 1 aromatic carbocycles. The maximum atomic E-state index is 13.0. The molecule has 0 aromatic heterocycles. The zero-order chi connectivity index (χ0) is 18.0. The highest BCUT2D eigenvalue weighted by molar-refractivity contribution is 14.1. The number of esters is 1. The van der Waals surface area contributed by atoms with Crippen molar-refractivity contribution in [2.75, 3.05) is 6.61 Å². The van der Waals surface area contributed by atoms with Gasteiger partial charge in [0.1, 0.15) is 0 Å². The number of benzene rings is 1. The highest BCUT2D eigenvalue weighted by Gasteiger charge is 2.49. The van der Waals surface area contributed by atoms with E-state index in [0.29, 0.717) is 6.42 Å². The third-order valence-electron chi connectivity index (χ3n) is 4.66. The summed E-state index contributed by atoms with van der Waals surface area (Å²) in [5.41, 5.74) is 0.114. The zero-order valence-electron chi connectivity index (χ0n) is 13.3. The lowest BCUT2D eigenvalue weighted by atomic mass is 9.67. The van der Waals surface area contributed by atoms with E-state index in [1.54, 1.807) is 6.92 Å². The molecule has 1 aliphatic rings. The monoisotopic (exact) mass is 518 g/mol. The van der Waals surface area contributed by atoms with Crippen LogP contribution in [0, 0.1) is 14.9 Å². The Kier molecular flexibility index (Phi) is 6.61. The molecule has 0 heterocycles. The van der Waals surface area contributed by atoms with Crippen molar-refractivity contribution in [3.8, 4) is 0 Å². The summed E-state index contributed by atoms with van der Waals surface area (Å²) in [5.74, 6) is -1.69. The molecule has 7 heteroatoms. The molecule has 134 valence electrons. The number of ether oxygens (including phenoxy) is 1. The number of rotatable bonds is 4. The van der Waals surface area contributed by atoms with Crippen molar-refractivity contribution in [1.82, 2.24) is 0 Å². The number of alkyl halides is 3. The molecule has 0 N–H and O–H groups in total. The average Bonchev–Trinajstić information content (AvgIpc) is 2.50. The van der Waals surface area contributed by atoms with E-state index in [9.17, 15) is 18.0 Å². The van der Waals surface area contributed by atoms with E-state index in [2.05, 4.69) is 38.5 Å². The number of hydrogen-bond donors (Lipinski definition) is 0. The van der Waals surface area contributed by atoms with E-state index in [4.69, 9.17) is 4.74 Å². The SMILES string of the molecule is CCOC(=O)C1(Cc2ccc(Br)cc2I)CCC(C(F)(F)F)CC1. The Morgan fingerprint density at radius 2 is 2.00 bits per heavy atom. The number of halogens is 5. The number of hydrogen-bond acceptors (Lipinski definition) is 2. The lowest BCUT2D eigenvalue weighted by Crippen LogP contribution is -2.41. The second kappa shape index (κ2) is 7.93. The fourth-order valence-corrected chi connectivity index (χ4v) is 4.76. The van der Waals surface area contributed by atoms with Crippen molar-refractivity contribution in [2.24, 2.45) is 11.3 Å². The maximum absolute atomic E-state index is 13.0. The molecule has 1 saturated carbocycles. The van der Waals surface area contributed by atoms with Gasteiger partial charge in [0.2, 0.25) is 0 Å². The molecule has 24 heavy (non-hydrogen) atoms. The molecule has 1 aromatic rings. The number of carbonyl (C=O) groups is 1. The standard InChI is InChI=1S/C17H19BrF3IO2/c1-2-24-15(23)16(7-5-12(6-8-16)17(19,20)21)10-11-3-4-13(18)9-14(11)22/h3-4,9,12H,2,5-8,10H2,1H3. The molecule has 0 radical (unpaired) electrons. The molecular formula is C17H19BrF3IO2. The molecule has 0 amide bonds. The van der Waals surface area contributed by atoms with E-state index >= 15 is 0 Å². The van der Waals surface area contributed by atoms with Gasteiger partial charge in [-0.25, -0.2) is 0 Å². The van der Waals surface area contributed by atoms with Crippen molar-refractivity contribution < 1.29 is 22.7 Å². The van der Waals surface area contributed by atoms with Gasteiger partial charge in [0, 0.05) is 8.04 Å². The van der Waals surface area contributed by atoms with Crippen LogP contribution in [0.4, 0.5) is 13.2 Å².